The molecular formula is C22H28N2O6. The molecule has 0 unspecified atom stereocenters. The van der Waals surface area contributed by atoms with Gasteiger partial charge >= 0.3 is 11.9 Å². The molecule has 8 heteroatoms. The van der Waals surface area contributed by atoms with Gasteiger partial charge in [-0.2, -0.15) is 0 Å². The molecule has 162 valence electrons. The maximum Gasteiger partial charge on any atom is 0.307 e. The molecule has 3 rings (SSSR count). The molecule has 0 aliphatic heterocycles. The number of rotatable bonds is 6. The number of anilines is 2. The van der Waals surface area contributed by atoms with Crippen LogP contribution in [-0.4, -0.2) is 34.0 Å². The van der Waals surface area contributed by atoms with Crippen LogP contribution in [0.2, 0.25) is 0 Å². The van der Waals surface area contributed by atoms with E-state index < -0.39 is 35.6 Å². The van der Waals surface area contributed by atoms with Crippen LogP contribution in [-0.2, 0) is 19.2 Å². The molecule has 0 heterocycles. The number of nitrogens with one attached hydrogen (secondary N) is 2. The van der Waals surface area contributed by atoms with E-state index >= 15 is 0 Å². The second-order valence-electron chi connectivity index (χ2n) is 8.23. The summed E-state index contributed by atoms with van der Waals surface area (Å²) >= 11 is 0. The summed E-state index contributed by atoms with van der Waals surface area (Å²) in [4.78, 5) is 47.9. The van der Waals surface area contributed by atoms with Crippen LogP contribution in [0.1, 0.15) is 51.4 Å². The van der Waals surface area contributed by atoms with Crippen LogP contribution in [0.25, 0.3) is 0 Å². The molecule has 2 aliphatic carbocycles. The molecule has 1 aromatic rings. The van der Waals surface area contributed by atoms with Gasteiger partial charge in [0.05, 0.1) is 23.7 Å². The Morgan fingerprint density at radius 1 is 0.600 bits per heavy atom. The summed E-state index contributed by atoms with van der Waals surface area (Å²) < 4.78 is 0. The van der Waals surface area contributed by atoms with Gasteiger partial charge in [0.15, 0.2) is 0 Å². The zero-order valence-electron chi connectivity index (χ0n) is 16.8. The summed E-state index contributed by atoms with van der Waals surface area (Å²) in [6.45, 7) is 0. The van der Waals surface area contributed by atoms with Crippen molar-refractivity contribution in [2.45, 2.75) is 51.4 Å². The van der Waals surface area contributed by atoms with E-state index in [-0.39, 0.29) is 11.8 Å². The number of amides is 2. The third-order valence-electron chi connectivity index (χ3n) is 6.26. The van der Waals surface area contributed by atoms with Crippen LogP contribution >= 0.6 is 0 Å². The molecule has 1 aromatic carbocycles. The lowest BCUT2D eigenvalue weighted by molar-refractivity contribution is -0.148. The molecule has 4 N–H and O–H groups in total. The predicted octanol–water partition coefficient (Wildman–Crippen LogP) is 3.35. The molecule has 4 atom stereocenters. The molecule has 2 amide bonds. The Hall–Kier alpha value is -2.90. The first-order chi connectivity index (χ1) is 14.4. The molecule has 2 aliphatic rings. The van der Waals surface area contributed by atoms with Gasteiger partial charge < -0.3 is 20.8 Å². The van der Waals surface area contributed by atoms with Crippen molar-refractivity contribution in [2.75, 3.05) is 10.6 Å². The normalized spacial score (nSPS) is 26.4. The fourth-order valence-corrected chi connectivity index (χ4v) is 4.59. The molecule has 2 fully saturated rings. The van der Waals surface area contributed by atoms with Gasteiger partial charge in [-0.05, 0) is 49.9 Å². The Labute approximate surface area is 175 Å². The topological polar surface area (TPSA) is 133 Å². The van der Waals surface area contributed by atoms with Crippen molar-refractivity contribution in [2.24, 2.45) is 23.7 Å². The monoisotopic (exact) mass is 416 g/mol. The largest absolute Gasteiger partial charge is 0.481 e. The first kappa shape index (κ1) is 21.8. The number of benzene rings is 1. The van der Waals surface area contributed by atoms with E-state index in [4.69, 9.17) is 0 Å². The third-order valence-corrected chi connectivity index (χ3v) is 6.26. The number of hydrogen-bond donors (Lipinski definition) is 4. The van der Waals surface area contributed by atoms with Gasteiger partial charge in [-0.15, -0.1) is 0 Å². The van der Waals surface area contributed by atoms with Gasteiger partial charge in [0.2, 0.25) is 11.8 Å². The minimum absolute atomic E-state index is 0.301. The van der Waals surface area contributed by atoms with Gasteiger partial charge in [-0.25, -0.2) is 0 Å². The minimum Gasteiger partial charge on any atom is -0.481 e. The number of aliphatic carboxylic acids is 2. The molecule has 2 saturated carbocycles. The zero-order valence-corrected chi connectivity index (χ0v) is 16.8. The summed E-state index contributed by atoms with van der Waals surface area (Å²) in [6, 6.07) is 6.56. The quantitative estimate of drug-likeness (QED) is 0.562. The summed E-state index contributed by atoms with van der Waals surface area (Å²) in [6.07, 6.45) is 5.45. The molecule has 30 heavy (non-hydrogen) atoms. The van der Waals surface area contributed by atoms with Crippen molar-refractivity contribution in [3.05, 3.63) is 24.3 Å². The van der Waals surface area contributed by atoms with E-state index in [2.05, 4.69) is 10.6 Å². The van der Waals surface area contributed by atoms with Crippen LogP contribution in [0.3, 0.4) is 0 Å². The third kappa shape index (κ3) is 5.17. The van der Waals surface area contributed by atoms with Gasteiger partial charge in [-0.3, -0.25) is 19.2 Å². The second-order valence-corrected chi connectivity index (χ2v) is 8.23. The summed E-state index contributed by atoms with van der Waals surface area (Å²) in [5.41, 5.74) is 1.04. The van der Waals surface area contributed by atoms with Gasteiger partial charge in [0, 0.05) is 11.4 Å². The predicted molar refractivity (Wildman–Crippen MR) is 110 cm³/mol. The van der Waals surface area contributed by atoms with Crippen molar-refractivity contribution in [1.82, 2.24) is 0 Å². The average Bonchev–Trinajstić information content (AvgIpc) is 2.75. The van der Waals surface area contributed by atoms with Crippen LogP contribution in [0.15, 0.2) is 24.3 Å². The zero-order chi connectivity index (χ0) is 21.7. The number of carbonyl (C=O) groups excluding carboxylic acids is 2. The Balaban J connectivity index is 1.59. The fraction of sp³-hybridized carbons (Fsp3) is 0.545. The number of carboxylic acids is 2. The summed E-state index contributed by atoms with van der Waals surface area (Å²) in [5.74, 6) is -4.88. The van der Waals surface area contributed by atoms with E-state index in [1.807, 2.05) is 0 Å². The van der Waals surface area contributed by atoms with E-state index in [0.29, 0.717) is 37.1 Å². The SMILES string of the molecule is O=C(Nc1ccc(NC(=O)[C@@H]2CCCC[C@H]2C(=O)O)cc1)[C@H]1CCCC[C@H]1C(=O)O. The van der Waals surface area contributed by atoms with Gasteiger partial charge in [0.1, 0.15) is 0 Å². The maximum absolute atomic E-state index is 12.6. The van der Waals surface area contributed by atoms with Crippen LogP contribution in [0.5, 0.6) is 0 Å². The smallest absolute Gasteiger partial charge is 0.307 e. The van der Waals surface area contributed by atoms with Crippen molar-refractivity contribution >= 4 is 35.1 Å². The molecule has 8 nitrogen and oxygen atoms in total. The maximum atomic E-state index is 12.6. The lowest BCUT2D eigenvalue weighted by Gasteiger charge is -2.27. The Morgan fingerprint density at radius 3 is 1.20 bits per heavy atom. The number of carboxylic acid groups (broad SMARTS) is 2. The van der Waals surface area contributed by atoms with Crippen LogP contribution in [0.4, 0.5) is 11.4 Å². The highest BCUT2D eigenvalue weighted by Gasteiger charge is 2.36. The lowest BCUT2D eigenvalue weighted by Crippen LogP contribution is -2.36. The van der Waals surface area contributed by atoms with E-state index in [9.17, 15) is 29.4 Å². The van der Waals surface area contributed by atoms with E-state index in [1.165, 1.54) is 0 Å². The fourth-order valence-electron chi connectivity index (χ4n) is 4.59. The van der Waals surface area contributed by atoms with Crippen LogP contribution < -0.4 is 10.6 Å². The molecule has 0 spiro atoms. The second kappa shape index (κ2) is 9.73. The highest BCUT2D eigenvalue weighted by atomic mass is 16.4. The number of carbonyl (C=O) groups is 4. The standard InChI is InChI=1S/C22H28N2O6/c25-19(15-5-1-3-7-17(15)21(27)28)23-13-9-11-14(12-10-13)24-20(26)16-6-2-4-8-18(16)22(29)30/h9-12,15-18H,1-8H2,(H,23,25)(H,24,26)(H,27,28)(H,29,30)/t15-,16+,17-,18-/m1/s1. The van der Waals surface area contributed by atoms with Crippen molar-refractivity contribution in [1.29, 1.82) is 0 Å². The van der Waals surface area contributed by atoms with E-state index in [0.717, 1.165) is 25.7 Å². The molecular weight excluding hydrogens is 388 g/mol. The van der Waals surface area contributed by atoms with Crippen LogP contribution in [0, 0.1) is 23.7 Å². The summed E-state index contributed by atoms with van der Waals surface area (Å²) in [7, 11) is 0. The molecule has 0 aromatic heterocycles. The average molecular weight is 416 g/mol. The molecule has 0 radical (unpaired) electrons. The first-order valence-corrected chi connectivity index (χ1v) is 10.5. The van der Waals surface area contributed by atoms with Crippen molar-refractivity contribution in [3.8, 4) is 0 Å². The Kier molecular flexibility index (Phi) is 7.07. The molecule has 0 bridgehead atoms. The lowest BCUT2D eigenvalue weighted by atomic mass is 9.78. The first-order valence-electron chi connectivity index (χ1n) is 10.5. The Morgan fingerprint density at radius 2 is 0.900 bits per heavy atom. The molecule has 0 saturated heterocycles. The van der Waals surface area contributed by atoms with E-state index in [1.54, 1.807) is 24.3 Å². The van der Waals surface area contributed by atoms with Crippen molar-refractivity contribution in [3.63, 3.8) is 0 Å². The van der Waals surface area contributed by atoms with Gasteiger partial charge in [0.25, 0.3) is 0 Å². The minimum atomic E-state index is -0.935. The summed E-state index contributed by atoms with van der Waals surface area (Å²) in [5, 5.41) is 24.2. The number of hydrogen-bond acceptors (Lipinski definition) is 4. The highest BCUT2D eigenvalue weighted by Crippen LogP contribution is 2.32. The Bertz CT molecular complexity index is 739. The van der Waals surface area contributed by atoms with Crippen molar-refractivity contribution < 1.29 is 29.4 Å². The highest BCUT2D eigenvalue weighted by molar-refractivity contribution is 5.97. The van der Waals surface area contributed by atoms with Gasteiger partial charge in [-0.1, -0.05) is 25.7 Å².